The molecule has 0 saturated carbocycles. The molecule has 0 unspecified atom stereocenters. The largest absolute Gasteiger partial charge is 0.325 e. The maximum Gasteiger partial charge on any atom is 0.294 e. The Morgan fingerprint density at radius 3 is 2.54 bits per heavy atom. The van der Waals surface area contributed by atoms with Gasteiger partial charge in [0.2, 0.25) is 5.91 Å². The maximum atomic E-state index is 12.5. The second-order valence-electron chi connectivity index (χ2n) is 5.70. The van der Waals surface area contributed by atoms with Crippen molar-refractivity contribution in [1.82, 2.24) is 4.90 Å². The molecule has 1 heterocycles. The maximum absolute atomic E-state index is 12.5. The van der Waals surface area contributed by atoms with Gasteiger partial charge >= 0.3 is 0 Å². The Hall–Kier alpha value is -2.57. The third kappa shape index (κ3) is 4.15. The molecule has 1 fully saturated rings. The fourth-order valence-electron chi connectivity index (χ4n) is 2.35. The van der Waals surface area contributed by atoms with Gasteiger partial charge in [-0.05, 0) is 48.5 Å². The average molecular weight is 387 g/mol. The highest BCUT2D eigenvalue weighted by Crippen LogP contribution is 2.33. The van der Waals surface area contributed by atoms with Crippen LogP contribution in [0.25, 0.3) is 6.08 Å². The van der Waals surface area contributed by atoms with E-state index in [-0.39, 0.29) is 11.4 Å². The van der Waals surface area contributed by atoms with E-state index in [0.29, 0.717) is 16.3 Å². The number of hydrogen-bond donors (Lipinski definition) is 1. The van der Waals surface area contributed by atoms with Crippen molar-refractivity contribution < 1.29 is 14.4 Å². The number of imide groups is 1. The van der Waals surface area contributed by atoms with Gasteiger partial charge < -0.3 is 5.32 Å². The van der Waals surface area contributed by atoms with Crippen LogP contribution >= 0.6 is 23.4 Å². The number of hydrogen-bond acceptors (Lipinski definition) is 4. The summed E-state index contributed by atoms with van der Waals surface area (Å²) in [5.74, 6) is -0.936. The fraction of sp³-hybridized carbons (Fsp3) is 0.105. The third-order valence-electron chi connectivity index (χ3n) is 3.70. The molecule has 0 aliphatic carbocycles. The van der Waals surface area contributed by atoms with E-state index in [1.54, 1.807) is 42.5 Å². The standard InChI is InChI=1S/C19H15ClN2O3S/c1-12-6-8-14(9-7-12)21-17(23)11-22-18(24)16(26-19(22)25)10-13-4-2-3-5-15(13)20/h2-10H,11H2,1H3,(H,21,23)/b16-10+. The van der Waals surface area contributed by atoms with Gasteiger partial charge in [0.25, 0.3) is 11.1 Å². The van der Waals surface area contributed by atoms with E-state index in [2.05, 4.69) is 5.32 Å². The van der Waals surface area contributed by atoms with Crippen LogP contribution in [0.4, 0.5) is 10.5 Å². The summed E-state index contributed by atoms with van der Waals surface area (Å²) in [4.78, 5) is 37.9. The van der Waals surface area contributed by atoms with Crippen molar-refractivity contribution >= 4 is 52.2 Å². The lowest BCUT2D eigenvalue weighted by Gasteiger charge is -2.12. The topological polar surface area (TPSA) is 66.5 Å². The Bertz CT molecular complexity index is 909. The smallest absolute Gasteiger partial charge is 0.294 e. The summed E-state index contributed by atoms with van der Waals surface area (Å²) in [6, 6.07) is 14.3. The Morgan fingerprint density at radius 2 is 1.85 bits per heavy atom. The summed E-state index contributed by atoms with van der Waals surface area (Å²) in [7, 11) is 0. The molecule has 0 atom stereocenters. The zero-order chi connectivity index (χ0) is 18.7. The number of benzene rings is 2. The van der Waals surface area contributed by atoms with Crippen LogP contribution in [-0.2, 0) is 9.59 Å². The SMILES string of the molecule is Cc1ccc(NC(=O)CN2C(=O)S/C(=C/c3ccccc3Cl)C2=O)cc1. The van der Waals surface area contributed by atoms with Crippen LogP contribution in [0.5, 0.6) is 0 Å². The molecular formula is C19H15ClN2O3S. The molecule has 3 rings (SSSR count). The summed E-state index contributed by atoms with van der Waals surface area (Å²) in [6.07, 6.45) is 1.56. The van der Waals surface area contributed by atoms with Crippen molar-refractivity contribution in [3.05, 3.63) is 69.6 Å². The number of rotatable bonds is 4. The summed E-state index contributed by atoms with van der Waals surface area (Å²) < 4.78 is 0. The number of carbonyl (C=O) groups is 3. The molecule has 0 radical (unpaired) electrons. The number of thioether (sulfide) groups is 1. The fourth-order valence-corrected chi connectivity index (χ4v) is 3.37. The van der Waals surface area contributed by atoms with Gasteiger partial charge in [0.1, 0.15) is 6.54 Å². The number of halogens is 1. The first kappa shape index (κ1) is 18.2. The van der Waals surface area contributed by atoms with Crippen molar-refractivity contribution in [1.29, 1.82) is 0 Å². The van der Waals surface area contributed by atoms with Gasteiger partial charge in [-0.2, -0.15) is 0 Å². The predicted molar refractivity (Wildman–Crippen MR) is 104 cm³/mol. The zero-order valence-electron chi connectivity index (χ0n) is 13.9. The Kier molecular flexibility index (Phi) is 5.44. The first-order chi connectivity index (χ1) is 12.4. The van der Waals surface area contributed by atoms with Crippen LogP contribution in [0.2, 0.25) is 5.02 Å². The molecule has 3 amide bonds. The molecule has 2 aromatic carbocycles. The second-order valence-corrected chi connectivity index (χ2v) is 7.10. The predicted octanol–water partition coefficient (Wildman–Crippen LogP) is 4.32. The van der Waals surface area contributed by atoms with Crippen molar-refractivity contribution in [3.63, 3.8) is 0 Å². The van der Waals surface area contributed by atoms with E-state index < -0.39 is 17.1 Å². The lowest BCUT2D eigenvalue weighted by Crippen LogP contribution is -2.36. The molecule has 0 bridgehead atoms. The molecule has 132 valence electrons. The minimum atomic E-state index is -0.501. The van der Waals surface area contributed by atoms with Crippen molar-refractivity contribution in [3.8, 4) is 0 Å². The van der Waals surface area contributed by atoms with Crippen LogP contribution < -0.4 is 5.32 Å². The van der Waals surface area contributed by atoms with Gasteiger partial charge in [0.15, 0.2) is 0 Å². The number of nitrogens with zero attached hydrogens (tertiary/aromatic N) is 1. The first-order valence-electron chi connectivity index (χ1n) is 7.80. The molecular weight excluding hydrogens is 372 g/mol. The van der Waals surface area contributed by atoms with Crippen molar-refractivity contribution in [2.45, 2.75) is 6.92 Å². The zero-order valence-corrected chi connectivity index (χ0v) is 15.4. The van der Waals surface area contributed by atoms with Crippen LogP contribution in [0.1, 0.15) is 11.1 Å². The summed E-state index contributed by atoms with van der Waals surface area (Å²) in [5.41, 5.74) is 2.32. The lowest BCUT2D eigenvalue weighted by molar-refractivity contribution is -0.127. The van der Waals surface area contributed by atoms with Gasteiger partial charge in [0.05, 0.1) is 4.91 Å². The summed E-state index contributed by atoms with van der Waals surface area (Å²) in [6.45, 7) is 1.61. The van der Waals surface area contributed by atoms with E-state index in [0.717, 1.165) is 22.2 Å². The van der Waals surface area contributed by atoms with Crippen molar-refractivity contribution in [2.24, 2.45) is 0 Å². The molecule has 26 heavy (non-hydrogen) atoms. The van der Waals surface area contributed by atoms with Crippen LogP contribution in [0.3, 0.4) is 0 Å². The highest BCUT2D eigenvalue weighted by molar-refractivity contribution is 8.18. The number of aryl methyl sites for hydroxylation is 1. The highest BCUT2D eigenvalue weighted by Gasteiger charge is 2.36. The van der Waals surface area contributed by atoms with Gasteiger partial charge in [-0.15, -0.1) is 0 Å². The van der Waals surface area contributed by atoms with E-state index in [4.69, 9.17) is 11.6 Å². The molecule has 1 aliphatic rings. The molecule has 7 heteroatoms. The second kappa shape index (κ2) is 7.76. The molecule has 0 aromatic heterocycles. The minimum Gasteiger partial charge on any atom is -0.325 e. The van der Waals surface area contributed by atoms with Gasteiger partial charge in [-0.25, -0.2) is 0 Å². The molecule has 2 aromatic rings. The van der Waals surface area contributed by atoms with E-state index >= 15 is 0 Å². The van der Waals surface area contributed by atoms with E-state index in [1.165, 1.54) is 0 Å². The molecule has 1 N–H and O–H groups in total. The first-order valence-corrected chi connectivity index (χ1v) is 9.00. The number of amides is 3. The summed E-state index contributed by atoms with van der Waals surface area (Å²) in [5, 5.41) is 2.68. The summed E-state index contributed by atoms with van der Waals surface area (Å²) >= 11 is 6.88. The van der Waals surface area contributed by atoms with Gasteiger partial charge in [0, 0.05) is 10.7 Å². The monoisotopic (exact) mass is 386 g/mol. The average Bonchev–Trinajstić information content (AvgIpc) is 2.86. The highest BCUT2D eigenvalue weighted by atomic mass is 35.5. The van der Waals surface area contributed by atoms with Crippen molar-refractivity contribution in [2.75, 3.05) is 11.9 Å². The van der Waals surface area contributed by atoms with Gasteiger partial charge in [-0.1, -0.05) is 47.5 Å². The molecule has 0 spiro atoms. The quantitative estimate of drug-likeness (QED) is 0.794. The molecule has 5 nitrogen and oxygen atoms in total. The Labute approximate surface area is 160 Å². The van der Waals surface area contributed by atoms with Gasteiger partial charge in [-0.3, -0.25) is 19.3 Å². The third-order valence-corrected chi connectivity index (χ3v) is 4.95. The Morgan fingerprint density at radius 1 is 1.15 bits per heavy atom. The number of carbonyl (C=O) groups excluding carboxylic acids is 3. The van der Waals surface area contributed by atoms with E-state index in [9.17, 15) is 14.4 Å². The van der Waals surface area contributed by atoms with Crippen LogP contribution in [-0.4, -0.2) is 28.5 Å². The molecule has 1 saturated heterocycles. The normalized spacial score (nSPS) is 15.6. The minimum absolute atomic E-state index is 0.242. The lowest BCUT2D eigenvalue weighted by atomic mass is 10.2. The van der Waals surface area contributed by atoms with Crippen LogP contribution in [0, 0.1) is 6.92 Å². The van der Waals surface area contributed by atoms with E-state index in [1.807, 2.05) is 19.1 Å². The number of nitrogens with one attached hydrogen (secondary N) is 1. The van der Waals surface area contributed by atoms with Crippen LogP contribution in [0.15, 0.2) is 53.4 Å². The molecule has 1 aliphatic heterocycles. The number of anilines is 1. The Balaban J connectivity index is 1.70.